The van der Waals surface area contributed by atoms with Crippen molar-refractivity contribution in [2.75, 3.05) is 6.54 Å². The molecular weight excluding hydrogens is 491 g/mol. The molecule has 12 heteroatoms. The maximum Gasteiger partial charge on any atom is 0.243 e. The third kappa shape index (κ3) is 7.91. The molecule has 1 aliphatic heterocycles. The monoisotopic (exact) mass is 527 g/mol. The molecule has 1 heterocycles. The summed E-state index contributed by atoms with van der Waals surface area (Å²) in [6.07, 6.45) is 0.247. The summed E-state index contributed by atoms with van der Waals surface area (Å²) < 4.78 is 41.7. The predicted octanol–water partition coefficient (Wildman–Crippen LogP) is 1.12. The second-order valence-electron chi connectivity index (χ2n) is 10.1. The molecule has 1 saturated heterocycles. The second-order valence-corrected chi connectivity index (χ2v) is 10.1. The maximum absolute atomic E-state index is 14.4. The lowest BCUT2D eigenvalue weighted by molar-refractivity contribution is -0.138. The van der Waals surface area contributed by atoms with Crippen molar-refractivity contribution in [1.29, 1.82) is 0 Å². The molecule has 6 N–H and O–H groups in total. The summed E-state index contributed by atoms with van der Waals surface area (Å²) in [5, 5.41) is 5.25. The second kappa shape index (κ2) is 12.9. The van der Waals surface area contributed by atoms with Gasteiger partial charge in [-0.25, -0.2) is 13.2 Å². The molecule has 206 valence electrons. The van der Waals surface area contributed by atoms with E-state index >= 15 is 0 Å². The summed E-state index contributed by atoms with van der Waals surface area (Å²) >= 11 is 0. The number of halogens is 3. The van der Waals surface area contributed by atoms with E-state index in [1.54, 1.807) is 27.7 Å². The van der Waals surface area contributed by atoms with Crippen molar-refractivity contribution >= 4 is 23.6 Å². The van der Waals surface area contributed by atoms with Gasteiger partial charge in [0.25, 0.3) is 0 Å². The number of primary amides is 1. The molecule has 0 aromatic heterocycles. The Balaban J connectivity index is 2.29. The quantitative estimate of drug-likeness (QED) is 0.319. The summed E-state index contributed by atoms with van der Waals surface area (Å²) in [6, 6.07) is -2.70. The number of nitrogens with zero attached hydrogens (tertiary/aromatic N) is 1. The van der Waals surface area contributed by atoms with Crippen LogP contribution < -0.4 is 22.1 Å². The van der Waals surface area contributed by atoms with Crippen LogP contribution in [0.25, 0.3) is 0 Å². The number of hydrogen-bond acceptors (Lipinski definition) is 5. The first kappa shape index (κ1) is 30.1. The Morgan fingerprint density at radius 1 is 0.973 bits per heavy atom. The molecule has 0 saturated carbocycles. The van der Waals surface area contributed by atoms with Gasteiger partial charge in [-0.2, -0.15) is 0 Å². The van der Waals surface area contributed by atoms with E-state index in [0.717, 1.165) is 0 Å². The fourth-order valence-corrected chi connectivity index (χ4v) is 4.23. The van der Waals surface area contributed by atoms with E-state index in [2.05, 4.69) is 10.6 Å². The van der Waals surface area contributed by atoms with E-state index in [9.17, 15) is 32.3 Å². The minimum Gasteiger partial charge on any atom is -0.368 e. The Bertz CT molecular complexity index is 1020. The van der Waals surface area contributed by atoms with Gasteiger partial charge >= 0.3 is 0 Å². The number of nitrogens with two attached hydrogens (primary N) is 2. The number of likely N-dealkylation sites (tertiary alicyclic amines) is 1. The third-order valence-corrected chi connectivity index (χ3v) is 6.49. The molecule has 0 bridgehead atoms. The zero-order chi connectivity index (χ0) is 28.0. The lowest BCUT2D eigenvalue weighted by Crippen LogP contribution is -2.57. The average molecular weight is 528 g/mol. The van der Waals surface area contributed by atoms with Crippen LogP contribution in [0.3, 0.4) is 0 Å². The van der Waals surface area contributed by atoms with Crippen LogP contribution in [0.4, 0.5) is 13.2 Å². The van der Waals surface area contributed by atoms with Crippen molar-refractivity contribution < 1.29 is 32.3 Å². The number of rotatable bonds is 11. The van der Waals surface area contributed by atoms with E-state index in [0.29, 0.717) is 25.0 Å². The Morgan fingerprint density at radius 3 is 2.16 bits per heavy atom. The van der Waals surface area contributed by atoms with Crippen LogP contribution in [0.1, 0.15) is 52.5 Å². The molecule has 9 nitrogen and oxygen atoms in total. The first-order chi connectivity index (χ1) is 17.2. The van der Waals surface area contributed by atoms with Gasteiger partial charge in [0.15, 0.2) is 11.6 Å². The molecule has 2 rings (SSSR count). The number of carbonyl (C=O) groups excluding carboxylic acids is 4. The number of benzene rings is 1. The van der Waals surface area contributed by atoms with Gasteiger partial charge in [0.1, 0.15) is 17.9 Å². The number of hydrogen-bond donors (Lipinski definition) is 4. The van der Waals surface area contributed by atoms with E-state index in [-0.39, 0.29) is 36.8 Å². The summed E-state index contributed by atoms with van der Waals surface area (Å²) in [5.74, 6) is -6.63. The fourth-order valence-electron chi connectivity index (χ4n) is 4.23. The van der Waals surface area contributed by atoms with Crippen molar-refractivity contribution in [1.82, 2.24) is 15.5 Å². The highest BCUT2D eigenvalue weighted by Crippen LogP contribution is 2.21. The van der Waals surface area contributed by atoms with Gasteiger partial charge in [-0.1, -0.05) is 27.7 Å². The van der Waals surface area contributed by atoms with Crippen molar-refractivity contribution in [3.63, 3.8) is 0 Å². The van der Waals surface area contributed by atoms with Crippen molar-refractivity contribution in [3.05, 3.63) is 35.1 Å². The third-order valence-electron chi connectivity index (χ3n) is 6.49. The molecular formula is C25H36F3N5O4. The maximum atomic E-state index is 14.4. The van der Waals surface area contributed by atoms with Crippen molar-refractivity contribution in [2.45, 2.75) is 77.5 Å². The van der Waals surface area contributed by atoms with Gasteiger partial charge in [0.2, 0.25) is 23.6 Å². The lowest BCUT2D eigenvalue weighted by atomic mass is 9.98. The normalized spacial score (nSPS) is 18.0. The molecule has 0 radical (unpaired) electrons. The van der Waals surface area contributed by atoms with Crippen LogP contribution in [-0.4, -0.2) is 59.2 Å². The Morgan fingerprint density at radius 2 is 1.59 bits per heavy atom. The van der Waals surface area contributed by atoms with Crippen LogP contribution in [0.2, 0.25) is 0 Å². The van der Waals surface area contributed by atoms with E-state index in [1.807, 2.05) is 0 Å². The lowest BCUT2D eigenvalue weighted by Gasteiger charge is -2.29. The van der Waals surface area contributed by atoms with Crippen LogP contribution >= 0.6 is 0 Å². The minimum atomic E-state index is -1.37. The highest BCUT2D eigenvalue weighted by molar-refractivity contribution is 5.91. The molecule has 0 spiro atoms. The van der Waals surface area contributed by atoms with Crippen LogP contribution in [-0.2, 0) is 25.6 Å². The van der Waals surface area contributed by atoms with Gasteiger partial charge in [-0.3, -0.25) is 19.2 Å². The van der Waals surface area contributed by atoms with Gasteiger partial charge in [0.05, 0.1) is 6.04 Å². The van der Waals surface area contributed by atoms with Gasteiger partial charge in [-0.05, 0) is 42.7 Å². The predicted molar refractivity (Wildman–Crippen MR) is 130 cm³/mol. The summed E-state index contributed by atoms with van der Waals surface area (Å²) in [4.78, 5) is 51.8. The van der Waals surface area contributed by atoms with E-state index < -0.39 is 65.2 Å². The zero-order valence-electron chi connectivity index (χ0n) is 21.5. The molecule has 3 unspecified atom stereocenters. The molecule has 1 aliphatic rings. The Hall–Kier alpha value is -3.15. The van der Waals surface area contributed by atoms with E-state index in [1.165, 1.54) is 4.90 Å². The van der Waals surface area contributed by atoms with Crippen molar-refractivity contribution in [3.8, 4) is 0 Å². The standard InChI is InChI=1S/C25H36F3N5O4/c1-12(2)21(29)24(36)32-22(13(3)4)25(37)31-15(8-14-9-17(27)18(28)11-16(14)26)10-20(34)33-7-5-6-19(33)23(30)35/h9,11-13,15,19,21-22H,5-8,10,29H2,1-4H3,(H2,30,35)(H,31,37)(H,32,36)/t15-,19?,21?,22?/m1/s1. The molecule has 0 aliphatic carbocycles. The summed E-state index contributed by atoms with van der Waals surface area (Å²) in [6.45, 7) is 7.18. The molecule has 4 atom stereocenters. The fraction of sp³-hybridized carbons (Fsp3) is 0.600. The number of nitrogens with one attached hydrogen (secondary N) is 2. The largest absolute Gasteiger partial charge is 0.368 e. The SMILES string of the molecule is CC(C)C(N)C(=O)NC(C(=O)N[C@@H](CC(=O)N1CCCC1C(N)=O)Cc1cc(F)c(F)cc1F)C(C)C. The summed E-state index contributed by atoms with van der Waals surface area (Å²) in [7, 11) is 0. The number of amides is 4. The highest BCUT2D eigenvalue weighted by Gasteiger charge is 2.35. The minimum absolute atomic E-state index is 0.184. The average Bonchev–Trinajstić information content (AvgIpc) is 3.30. The first-order valence-corrected chi connectivity index (χ1v) is 12.3. The summed E-state index contributed by atoms with van der Waals surface area (Å²) in [5.41, 5.74) is 11.0. The Labute approximate surface area is 214 Å². The Kier molecular flexibility index (Phi) is 10.5. The smallest absolute Gasteiger partial charge is 0.243 e. The topological polar surface area (TPSA) is 148 Å². The van der Waals surface area contributed by atoms with Crippen LogP contribution in [0.15, 0.2) is 12.1 Å². The molecule has 1 aromatic carbocycles. The van der Waals surface area contributed by atoms with Gasteiger partial charge in [-0.15, -0.1) is 0 Å². The molecule has 37 heavy (non-hydrogen) atoms. The van der Waals surface area contributed by atoms with Crippen LogP contribution in [0.5, 0.6) is 0 Å². The van der Waals surface area contributed by atoms with Gasteiger partial charge in [0, 0.05) is 25.1 Å². The molecule has 1 fully saturated rings. The van der Waals surface area contributed by atoms with E-state index in [4.69, 9.17) is 11.5 Å². The molecule has 1 aromatic rings. The zero-order valence-corrected chi connectivity index (χ0v) is 21.5. The molecule has 4 amide bonds. The van der Waals surface area contributed by atoms with Crippen LogP contribution in [0, 0.1) is 29.3 Å². The van der Waals surface area contributed by atoms with Crippen molar-refractivity contribution in [2.24, 2.45) is 23.3 Å². The first-order valence-electron chi connectivity index (χ1n) is 12.3. The van der Waals surface area contributed by atoms with Gasteiger partial charge < -0.3 is 27.0 Å². The number of carbonyl (C=O) groups is 4. The highest BCUT2D eigenvalue weighted by atomic mass is 19.2.